The Kier molecular flexibility index (Phi) is 9.83. The molecule has 4 aromatic carbocycles. The molecule has 7 heteroatoms. The van der Waals surface area contributed by atoms with E-state index < -0.39 is 0 Å². The van der Waals surface area contributed by atoms with Gasteiger partial charge in [0.2, 0.25) is 5.91 Å². The molecule has 0 saturated carbocycles. The van der Waals surface area contributed by atoms with Gasteiger partial charge in [-0.15, -0.1) is 0 Å². The molecule has 1 atom stereocenters. The Hall–Kier alpha value is -3.80. The number of benzene rings is 4. The molecule has 2 N–H and O–H groups in total. The predicted molar refractivity (Wildman–Crippen MR) is 174 cm³/mol. The van der Waals surface area contributed by atoms with Crippen molar-refractivity contribution in [2.75, 3.05) is 29.9 Å². The van der Waals surface area contributed by atoms with Crippen LogP contribution in [-0.4, -0.2) is 31.4 Å². The minimum absolute atomic E-state index is 0.127. The van der Waals surface area contributed by atoms with Crippen LogP contribution in [0.5, 0.6) is 0 Å². The lowest BCUT2D eigenvalue weighted by Crippen LogP contribution is -2.40. The summed E-state index contributed by atoms with van der Waals surface area (Å²) in [6.07, 6.45) is 2.79. The number of carbonyl (C=O) groups excluding carboxylic acids is 2. The molecule has 1 heterocycles. The number of nitrogens with one attached hydrogen (secondary N) is 2. The average Bonchev–Trinajstić information content (AvgIpc) is 3.01. The lowest BCUT2D eigenvalue weighted by molar-refractivity contribution is -0.124. The normalized spacial score (nSPS) is 14.3. The average molecular weight is 601 g/mol. The SMILES string of the molecule is CCCNC(=O)C(c1ccccc1)C1CCN(c2ccc(NC(=O)c3ccccc3-c3cc(Cl)cc(Cl)c3)cc2)CC1. The molecule has 42 heavy (non-hydrogen) atoms. The highest BCUT2D eigenvalue weighted by Crippen LogP contribution is 2.35. The number of halogens is 2. The van der Waals surface area contributed by atoms with Crippen LogP contribution in [0.15, 0.2) is 97.1 Å². The number of hydrogen-bond donors (Lipinski definition) is 2. The van der Waals surface area contributed by atoms with Gasteiger partial charge in [0.05, 0.1) is 5.92 Å². The van der Waals surface area contributed by atoms with E-state index >= 15 is 0 Å². The molecule has 4 aromatic rings. The summed E-state index contributed by atoms with van der Waals surface area (Å²) in [5, 5.41) is 7.19. The Labute approximate surface area is 257 Å². The van der Waals surface area contributed by atoms with E-state index in [9.17, 15) is 9.59 Å². The third kappa shape index (κ3) is 7.15. The van der Waals surface area contributed by atoms with Crippen molar-refractivity contribution >= 4 is 46.4 Å². The molecule has 0 aromatic heterocycles. The van der Waals surface area contributed by atoms with E-state index in [1.807, 2.05) is 60.7 Å². The van der Waals surface area contributed by atoms with Crippen LogP contribution in [-0.2, 0) is 4.79 Å². The van der Waals surface area contributed by atoms with Crippen LogP contribution in [0.4, 0.5) is 11.4 Å². The first-order chi connectivity index (χ1) is 20.4. The molecule has 1 fully saturated rings. The lowest BCUT2D eigenvalue weighted by atomic mass is 9.79. The van der Waals surface area contributed by atoms with Crippen molar-refractivity contribution in [3.63, 3.8) is 0 Å². The maximum atomic E-state index is 13.3. The topological polar surface area (TPSA) is 61.4 Å². The highest BCUT2D eigenvalue weighted by molar-refractivity contribution is 6.35. The molecule has 216 valence electrons. The minimum atomic E-state index is -0.205. The van der Waals surface area contributed by atoms with E-state index in [4.69, 9.17) is 23.2 Å². The van der Waals surface area contributed by atoms with Gasteiger partial charge in [-0.25, -0.2) is 0 Å². The molecule has 0 radical (unpaired) electrons. The number of rotatable bonds is 9. The Morgan fingerprint density at radius 3 is 2.17 bits per heavy atom. The number of piperidine rings is 1. The number of carbonyl (C=O) groups is 2. The zero-order valence-corrected chi connectivity index (χ0v) is 25.2. The second-order valence-corrected chi connectivity index (χ2v) is 11.6. The summed E-state index contributed by atoms with van der Waals surface area (Å²) < 4.78 is 0. The van der Waals surface area contributed by atoms with E-state index in [0.29, 0.717) is 27.8 Å². The Morgan fingerprint density at radius 1 is 0.857 bits per heavy atom. The van der Waals surface area contributed by atoms with Crippen LogP contribution in [0.1, 0.15) is 48.0 Å². The van der Waals surface area contributed by atoms with Gasteiger partial charge in [-0.1, -0.05) is 78.7 Å². The highest BCUT2D eigenvalue weighted by Gasteiger charge is 2.32. The molecule has 1 aliphatic heterocycles. The fourth-order valence-electron chi connectivity index (χ4n) is 5.74. The molecule has 2 amide bonds. The standard InChI is InChI=1S/C35H35Cl2N3O2/c1-2-18-38-35(42)33(24-8-4-3-5-9-24)25-16-19-40(20-17-25)30-14-12-29(13-15-30)39-34(41)32-11-7-6-10-31(32)26-21-27(36)23-28(37)22-26/h3-15,21-23,25,33H,2,16-20H2,1H3,(H,38,42)(H,39,41). The Morgan fingerprint density at radius 2 is 1.50 bits per heavy atom. The van der Waals surface area contributed by atoms with E-state index in [1.165, 1.54) is 0 Å². The summed E-state index contributed by atoms with van der Waals surface area (Å²) in [5.41, 5.74) is 4.99. The molecule has 1 unspecified atom stereocenters. The lowest BCUT2D eigenvalue weighted by Gasteiger charge is -2.37. The van der Waals surface area contributed by atoms with Crippen LogP contribution >= 0.6 is 23.2 Å². The molecule has 0 bridgehead atoms. The summed E-state index contributed by atoms with van der Waals surface area (Å²) in [5.74, 6) is 0.0713. The predicted octanol–water partition coefficient (Wildman–Crippen LogP) is 8.44. The van der Waals surface area contributed by atoms with Crippen molar-refractivity contribution in [3.05, 3.63) is 118 Å². The van der Waals surface area contributed by atoms with Crippen molar-refractivity contribution in [3.8, 4) is 11.1 Å². The van der Waals surface area contributed by atoms with Crippen LogP contribution < -0.4 is 15.5 Å². The van der Waals surface area contributed by atoms with Gasteiger partial charge < -0.3 is 15.5 Å². The van der Waals surface area contributed by atoms with Gasteiger partial charge in [-0.05, 0) is 90.4 Å². The fourth-order valence-corrected chi connectivity index (χ4v) is 6.27. The van der Waals surface area contributed by atoms with E-state index in [0.717, 1.165) is 54.7 Å². The van der Waals surface area contributed by atoms with Crippen LogP contribution in [0.25, 0.3) is 11.1 Å². The van der Waals surface area contributed by atoms with Gasteiger partial charge in [0.1, 0.15) is 0 Å². The zero-order chi connectivity index (χ0) is 29.5. The first-order valence-corrected chi connectivity index (χ1v) is 15.2. The first kappa shape index (κ1) is 29.7. The largest absolute Gasteiger partial charge is 0.372 e. The number of hydrogen-bond acceptors (Lipinski definition) is 3. The van der Waals surface area contributed by atoms with Crippen LogP contribution in [0, 0.1) is 5.92 Å². The molecule has 5 nitrogen and oxygen atoms in total. The van der Waals surface area contributed by atoms with Crippen molar-refractivity contribution in [2.24, 2.45) is 5.92 Å². The quantitative estimate of drug-likeness (QED) is 0.203. The maximum absolute atomic E-state index is 13.3. The number of amides is 2. The third-order valence-corrected chi connectivity index (χ3v) is 8.27. The molecule has 1 saturated heterocycles. The fraction of sp³-hybridized carbons (Fsp3) is 0.257. The van der Waals surface area contributed by atoms with Crippen LogP contribution in [0.3, 0.4) is 0 Å². The van der Waals surface area contributed by atoms with Crippen molar-refractivity contribution in [1.82, 2.24) is 5.32 Å². The molecule has 0 aliphatic carbocycles. The Balaban J connectivity index is 1.23. The van der Waals surface area contributed by atoms with E-state index in [2.05, 4.69) is 34.6 Å². The summed E-state index contributed by atoms with van der Waals surface area (Å²) >= 11 is 12.4. The van der Waals surface area contributed by atoms with Crippen molar-refractivity contribution < 1.29 is 9.59 Å². The molecule has 0 spiro atoms. The smallest absolute Gasteiger partial charge is 0.256 e. The van der Waals surface area contributed by atoms with Gasteiger partial charge in [0.15, 0.2) is 0 Å². The molecule has 5 rings (SSSR count). The number of anilines is 2. The molecular weight excluding hydrogens is 565 g/mol. The summed E-state index contributed by atoms with van der Waals surface area (Å²) in [6, 6.07) is 30.8. The molecule has 1 aliphatic rings. The van der Waals surface area contributed by atoms with Gasteiger partial charge >= 0.3 is 0 Å². The third-order valence-electron chi connectivity index (χ3n) is 7.84. The summed E-state index contributed by atoms with van der Waals surface area (Å²) in [6.45, 7) is 4.51. The Bertz CT molecular complexity index is 1500. The second-order valence-electron chi connectivity index (χ2n) is 10.7. The highest BCUT2D eigenvalue weighted by atomic mass is 35.5. The first-order valence-electron chi connectivity index (χ1n) is 14.5. The van der Waals surface area contributed by atoms with Gasteiger partial charge in [-0.3, -0.25) is 9.59 Å². The number of nitrogens with zero attached hydrogens (tertiary/aromatic N) is 1. The van der Waals surface area contributed by atoms with Crippen molar-refractivity contribution in [1.29, 1.82) is 0 Å². The monoisotopic (exact) mass is 599 g/mol. The minimum Gasteiger partial charge on any atom is -0.372 e. The van der Waals surface area contributed by atoms with Gasteiger partial charge in [0, 0.05) is 46.6 Å². The van der Waals surface area contributed by atoms with Crippen LogP contribution in [0.2, 0.25) is 10.0 Å². The van der Waals surface area contributed by atoms with E-state index in [-0.39, 0.29) is 23.7 Å². The second kappa shape index (κ2) is 13.9. The molecular formula is C35H35Cl2N3O2. The van der Waals surface area contributed by atoms with E-state index in [1.54, 1.807) is 24.3 Å². The summed E-state index contributed by atoms with van der Waals surface area (Å²) in [7, 11) is 0. The van der Waals surface area contributed by atoms with Gasteiger partial charge in [-0.2, -0.15) is 0 Å². The zero-order valence-electron chi connectivity index (χ0n) is 23.7. The summed E-state index contributed by atoms with van der Waals surface area (Å²) in [4.78, 5) is 28.8. The maximum Gasteiger partial charge on any atom is 0.256 e. The van der Waals surface area contributed by atoms with Gasteiger partial charge in [0.25, 0.3) is 5.91 Å². The van der Waals surface area contributed by atoms with Crippen molar-refractivity contribution in [2.45, 2.75) is 32.1 Å².